The molecule has 1 fully saturated rings. The third-order valence-electron chi connectivity index (χ3n) is 8.76. The first-order valence-corrected chi connectivity index (χ1v) is 14.9. The van der Waals surface area contributed by atoms with E-state index in [-0.39, 0.29) is 17.9 Å². The number of hydrogen-bond donors (Lipinski definition) is 0. The van der Waals surface area contributed by atoms with Gasteiger partial charge in [0.05, 0.1) is 25.2 Å². The number of nitrogens with zero attached hydrogens (tertiary/aromatic N) is 3. The Balaban J connectivity index is 1.38. The molecule has 1 saturated heterocycles. The zero-order chi connectivity index (χ0) is 28.7. The summed E-state index contributed by atoms with van der Waals surface area (Å²) in [7, 11) is 0. The monoisotopic (exact) mass is 553 g/mol. The predicted molar refractivity (Wildman–Crippen MR) is 160 cm³/mol. The molecule has 0 aliphatic carbocycles. The molecule has 3 heterocycles. The van der Waals surface area contributed by atoms with E-state index in [2.05, 4.69) is 49.1 Å². The van der Waals surface area contributed by atoms with Crippen LogP contribution in [0.4, 0.5) is 5.69 Å². The van der Waals surface area contributed by atoms with Crippen LogP contribution in [0.5, 0.6) is 11.5 Å². The Morgan fingerprint density at radius 1 is 0.878 bits per heavy atom. The molecule has 3 aliphatic heterocycles. The third kappa shape index (κ3) is 4.81. The molecular formula is C34H39N3O4. The molecule has 3 aromatic rings. The van der Waals surface area contributed by atoms with Gasteiger partial charge in [0.1, 0.15) is 0 Å². The van der Waals surface area contributed by atoms with Crippen LogP contribution in [0.25, 0.3) is 0 Å². The van der Waals surface area contributed by atoms with E-state index >= 15 is 0 Å². The van der Waals surface area contributed by atoms with Gasteiger partial charge in [-0.25, -0.2) is 0 Å². The van der Waals surface area contributed by atoms with Crippen LogP contribution < -0.4 is 14.4 Å². The molecule has 7 heteroatoms. The van der Waals surface area contributed by atoms with Crippen LogP contribution in [0.3, 0.4) is 0 Å². The molecule has 0 radical (unpaired) electrons. The molecule has 0 bridgehead atoms. The number of carbonyl (C=O) groups excluding carboxylic acids is 2. The number of fused-ring (bicyclic) bond motifs is 4. The summed E-state index contributed by atoms with van der Waals surface area (Å²) in [6.07, 6.45) is 0.708. The van der Waals surface area contributed by atoms with Crippen LogP contribution in [0, 0.1) is 6.92 Å². The quantitative estimate of drug-likeness (QED) is 0.411. The van der Waals surface area contributed by atoms with Crippen molar-refractivity contribution in [2.24, 2.45) is 0 Å². The summed E-state index contributed by atoms with van der Waals surface area (Å²) in [5, 5.41) is 0. The fraction of sp³-hybridized carbons (Fsp3) is 0.412. The first-order valence-electron chi connectivity index (χ1n) is 14.9. The molecule has 0 saturated carbocycles. The van der Waals surface area contributed by atoms with Gasteiger partial charge in [0, 0.05) is 43.5 Å². The fourth-order valence-corrected chi connectivity index (χ4v) is 6.81. The molecule has 0 aromatic heterocycles. The van der Waals surface area contributed by atoms with Crippen molar-refractivity contribution in [3.63, 3.8) is 0 Å². The van der Waals surface area contributed by atoms with Crippen molar-refractivity contribution >= 4 is 17.5 Å². The highest BCUT2D eigenvalue weighted by atomic mass is 16.5. The smallest absolute Gasteiger partial charge is 0.254 e. The second kappa shape index (κ2) is 11.1. The van der Waals surface area contributed by atoms with Crippen LogP contribution >= 0.6 is 0 Å². The first kappa shape index (κ1) is 27.2. The molecule has 7 nitrogen and oxygen atoms in total. The highest BCUT2D eigenvalue weighted by Gasteiger charge is 2.48. The number of rotatable bonds is 6. The summed E-state index contributed by atoms with van der Waals surface area (Å²) < 4.78 is 11.9. The van der Waals surface area contributed by atoms with E-state index in [0.29, 0.717) is 56.3 Å². The Hall–Kier alpha value is -4.00. The number of piperazine rings is 1. The van der Waals surface area contributed by atoms with Gasteiger partial charge in [-0.3, -0.25) is 9.59 Å². The van der Waals surface area contributed by atoms with Crippen LogP contribution in [0.1, 0.15) is 65.3 Å². The van der Waals surface area contributed by atoms with E-state index in [1.165, 1.54) is 11.3 Å². The van der Waals surface area contributed by atoms with E-state index in [1.807, 2.05) is 54.0 Å². The number of hydrogen-bond acceptors (Lipinski definition) is 5. The molecule has 0 unspecified atom stereocenters. The van der Waals surface area contributed by atoms with Gasteiger partial charge in [-0.15, -0.1) is 0 Å². The summed E-state index contributed by atoms with van der Waals surface area (Å²) in [5.41, 5.74) is 5.96. The molecule has 3 atom stereocenters. The minimum atomic E-state index is -0.492. The maximum Gasteiger partial charge on any atom is 0.254 e. The summed E-state index contributed by atoms with van der Waals surface area (Å²) in [5.74, 6) is 0.953. The number of anilines is 1. The average molecular weight is 554 g/mol. The van der Waals surface area contributed by atoms with Gasteiger partial charge in [0.15, 0.2) is 11.5 Å². The van der Waals surface area contributed by atoms with E-state index in [9.17, 15) is 9.59 Å². The third-order valence-corrected chi connectivity index (χ3v) is 8.76. The largest absolute Gasteiger partial charge is 0.490 e. The Bertz CT molecular complexity index is 1450. The zero-order valence-corrected chi connectivity index (χ0v) is 24.4. The lowest BCUT2D eigenvalue weighted by Gasteiger charge is -2.48. The lowest BCUT2D eigenvalue weighted by atomic mass is 9.75. The minimum Gasteiger partial charge on any atom is -0.490 e. The second-order valence-electron chi connectivity index (χ2n) is 11.3. The van der Waals surface area contributed by atoms with E-state index < -0.39 is 12.0 Å². The topological polar surface area (TPSA) is 62.3 Å². The van der Waals surface area contributed by atoms with Crippen molar-refractivity contribution in [3.05, 3.63) is 88.5 Å². The maximum absolute atomic E-state index is 14.6. The molecule has 2 amide bonds. The molecular weight excluding hydrogens is 514 g/mol. The fourth-order valence-electron chi connectivity index (χ4n) is 6.81. The van der Waals surface area contributed by atoms with Gasteiger partial charge in [-0.1, -0.05) is 35.9 Å². The van der Waals surface area contributed by atoms with Crippen LogP contribution in [-0.4, -0.2) is 67.0 Å². The summed E-state index contributed by atoms with van der Waals surface area (Å²) >= 11 is 0. The van der Waals surface area contributed by atoms with Crippen molar-refractivity contribution in [1.29, 1.82) is 0 Å². The zero-order valence-electron chi connectivity index (χ0n) is 24.4. The molecule has 41 heavy (non-hydrogen) atoms. The Kier molecular flexibility index (Phi) is 7.37. The Morgan fingerprint density at radius 2 is 1.59 bits per heavy atom. The highest BCUT2D eigenvalue weighted by molar-refractivity contribution is 6.01. The van der Waals surface area contributed by atoms with Crippen molar-refractivity contribution < 1.29 is 19.1 Å². The summed E-state index contributed by atoms with van der Waals surface area (Å²) in [4.78, 5) is 34.7. The highest BCUT2D eigenvalue weighted by Crippen LogP contribution is 2.49. The number of ether oxygens (including phenoxy) is 2. The Labute approximate surface area is 242 Å². The molecule has 6 rings (SSSR count). The molecule has 3 aromatic carbocycles. The number of amides is 2. The molecule has 0 spiro atoms. The molecule has 214 valence electrons. The van der Waals surface area contributed by atoms with Gasteiger partial charge in [0.2, 0.25) is 5.91 Å². The lowest BCUT2D eigenvalue weighted by Crippen LogP contribution is -2.57. The second-order valence-corrected chi connectivity index (χ2v) is 11.3. The van der Waals surface area contributed by atoms with Crippen molar-refractivity contribution in [2.75, 3.05) is 44.3 Å². The number of benzene rings is 3. The SMILES string of the molecule is CCOc1cc2c(cc1OCC)[C@@H]1[C@H](C(=O)N3CCN(c4ccc(C)cc4)[C@H](C)C3)c3ccccc3C(=O)N1CC2. The van der Waals surface area contributed by atoms with E-state index in [4.69, 9.17) is 9.47 Å². The van der Waals surface area contributed by atoms with Gasteiger partial charge in [-0.2, -0.15) is 0 Å². The predicted octanol–water partition coefficient (Wildman–Crippen LogP) is 5.37. The summed E-state index contributed by atoms with van der Waals surface area (Å²) in [6.45, 7) is 11.8. The van der Waals surface area contributed by atoms with Crippen molar-refractivity contribution in [1.82, 2.24) is 9.80 Å². The van der Waals surface area contributed by atoms with Crippen LogP contribution in [0.15, 0.2) is 60.7 Å². The maximum atomic E-state index is 14.6. The van der Waals surface area contributed by atoms with Crippen LogP contribution in [0.2, 0.25) is 0 Å². The molecule has 0 N–H and O–H groups in total. The van der Waals surface area contributed by atoms with Gasteiger partial charge in [0.25, 0.3) is 5.91 Å². The van der Waals surface area contributed by atoms with Gasteiger partial charge >= 0.3 is 0 Å². The Morgan fingerprint density at radius 3 is 2.29 bits per heavy atom. The molecule has 3 aliphatic rings. The summed E-state index contributed by atoms with van der Waals surface area (Å²) in [6, 6.07) is 20.1. The van der Waals surface area contributed by atoms with Crippen LogP contribution in [-0.2, 0) is 11.2 Å². The van der Waals surface area contributed by atoms with Gasteiger partial charge < -0.3 is 24.2 Å². The number of aryl methyl sites for hydroxylation is 1. The van der Waals surface area contributed by atoms with E-state index in [1.54, 1.807) is 0 Å². The number of carbonyl (C=O) groups is 2. The first-order chi connectivity index (χ1) is 19.9. The van der Waals surface area contributed by atoms with Crippen molar-refractivity contribution in [3.8, 4) is 11.5 Å². The normalized spacial score (nSPS) is 21.6. The minimum absolute atomic E-state index is 0.00953. The van der Waals surface area contributed by atoms with Crippen molar-refractivity contribution in [2.45, 2.75) is 52.1 Å². The van der Waals surface area contributed by atoms with Gasteiger partial charge in [-0.05, 0) is 81.1 Å². The van der Waals surface area contributed by atoms with E-state index in [0.717, 1.165) is 23.2 Å². The lowest BCUT2D eigenvalue weighted by molar-refractivity contribution is -0.135. The standard InChI is InChI=1S/C34H39N3O4/c1-5-40-29-19-24-15-16-37-32(28(24)20-30(29)41-6-2)31(26-9-7-8-10-27(26)33(37)38)34(39)35-17-18-36(23(4)21-35)25-13-11-22(3)12-14-25/h7-14,19-20,23,31-32H,5-6,15-18,21H2,1-4H3/t23-,31-,32-/m1/s1. The average Bonchev–Trinajstić information content (AvgIpc) is 2.98.